The summed E-state index contributed by atoms with van der Waals surface area (Å²) in [5.41, 5.74) is 1.49. The maximum atomic E-state index is 3.68. The number of likely N-dealkylation sites (N-methyl/N-ethyl adjacent to an activating group) is 1. The van der Waals surface area contributed by atoms with Crippen LogP contribution in [-0.2, 0) is 5.54 Å². The molecule has 0 aromatic heterocycles. The standard InChI is InChI=1S/C14H22N2/c1-4-16-11-14(3,15-10-12(16)2)13-8-6-5-7-9-13/h5-9,12,15H,4,10-11H2,1-3H3. The zero-order valence-electron chi connectivity index (χ0n) is 10.5. The molecule has 1 heterocycles. The second kappa shape index (κ2) is 4.56. The third-order valence-corrected chi connectivity index (χ3v) is 3.75. The van der Waals surface area contributed by atoms with Gasteiger partial charge in [-0.1, -0.05) is 37.3 Å². The number of benzene rings is 1. The van der Waals surface area contributed by atoms with Crippen molar-refractivity contribution in [3.05, 3.63) is 35.9 Å². The summed E-state index contributed by atoms with van der Waals surface area (Å²) < 4.78 is 0. The number of nitrogens with zero attached hydrogens (tertiary/aromatic N) is 1. The van der Waals surface area contributed by atoms with E-state index in [0.29, 0.717) is 6.04 Å². The molecule has 2 nitrogen and oxygen atoms in total. The van der Waals surface area contributed by atoms with Crippen molar-refractivity contribution < 1.29 is 0 Å². The SMILES string of the molecule is CCN1CC(C)(c2ccccc2)NCC1C. The summed E-state index contributed by atoms with van der Waals surface area (Å²) in [6.07, 6.45) is 0. The Hall–Kier alpha value is -0.860. The van der Waals surface area contributed by atoms with E-state index in [4.69, 9.17) is 0 Å². The zero-order valence-corrected chi connectivity index (χ0v) is 10.5. The molecule has 1 aromatic rings. The molecule has 0 saturated carbocycles. The summed E-state index contributed by atoms with van der Waals surface area (Å²) in [4.78, 5) is 2.55. The molecule has 2 rings (SSSR count). The van der Waals surface area contributed by atoms with Crippen LogP contribution < -0.4 is 5.32 Å². The van der Waals surface area contributed by atoms with E-state index in [1.54, 1.807) is 0 Å². The van der Waals surface area contributed by atoms with Crippen molar-refractivity contribution in [1.29, 1.82) is 0 Å². The second-order valence-corrected chi connectivity index (χ2v) is 4.99. The maximum Gasteiger partial charge on any atom is 0.0535 e. The molecule has 88 valence electrons. The predicted octanol–water partition coefficient (Wildman–Crippen LogP) is 2.22. The van der Waals surface area contributed by atoms with Crippen LogP contribution in [0.25, 0.3) is 0 Å². The van der Waals surface area contributed by atoms with E-state index < -0.39 is 0 Å². The minimum absolute atomic E-state index is 0.101. The second-order valence-electron chi connectivity index (χ2n) is 4.99. The Morgan fingerprint density at radius 3 is 2.69 bits per heavy atom. The Balaban J connectivity index is 2.20. The Kier molecular flexibility index (Phi) is 3.31. The lowest BCUT2D eigenvalue weighted by Gasteiger charge is -2.45. The first-order valence-electron chi connectivity index (χ1n) is 6.20. The molecule has 0 spiro atoms. The molecule has 16 heavy (non-hydrogen) atoms. The third kappa shape index (κ3) is 2.13. The van der Waals surface area contributed by atoms with Gasteiger partial charge in [0.1, 0.15) is 0 Å². The van der Waals surface area contributed by atoms with E-state index in [0.717, 1.165) is 19.6 Å². The fourth-order valence-corrected chi connectivity index (χ4v) is 2.54. The first kappa shape index (κ1) is 11.6. The van der Waals surface area contributed by atoms with Crippen molar-refractivity contribution in [3.8, 4) is 0 Å². The molecule has 1 fully saturated rings. The Labute approximate surface area is 98.7 Å². The number of piperazine rings is 1. The average Bonchev–Trinajstić information content (AvgIpc) is 2.34. The molecule has 0 radical (unpaired) electrons. The molecule has 1 aromatic carbocycles. The number of hydrogen-bond donors (Lipinski definition) is 1. The van der Waals surface area contributed by atoms with Gasteiger partial charge in [0.15, 0.2) is 0 Å². The van der Waals surface area contributed by atoms with Gasteiger partial charge in [0, 0.05) is 19.1 Å². The number of nitrogens with one attached hydrogen (secondary N) is 1. The average molecular weight is 218 g/mol. The molecule has 2 heteroatoms. The number of hydrogen-bond acceptors (Lipinski definition) is 2. The molecule has 1 aliphatic heterocycles. The van der Waals surface area contributed by atoms with Gasteiger partial charge >= 0.3 is 0 Å². The Morgan fingerprint density at radius 2 is 2.06 bits per heavy atom. The molecule has 0 amide bonds. The molecule has 0 bridgehead atoms. The fourth-order valence-electron chi connectivity index (χ4n) is 2.54. The van der Waals surface area contributed by atoms with Crippen LogP contribution in [0, 0.1) is 0 Å². The van der Waals surface area contributed by atoms with Crippen molar-refractivity contribution in [2.24, 2.45) is 0 Å². The molecule has 1 aliphatic rings. The summed E-state index contributed by atoms with van der Waals surface area (Å²) in [5.74, 6) is 0. The highest BCUT2D eigenvalue weighted by molar-refractivity contribution is 5.25. The quantitative estimate of drug-likeness (QED) is 0.819. The smallest absolute Gasteiger partial charge is 0.0535 e. The van der Waals surface area contributed by atoms with Crippen molar-refractivity contribution in [2.75, 3.05) is 19.6 Å². The van der Waals surface area contributed by atoms with Crippen molar-refractivity contribution in [2.45, 2.75) is 32.4 Å². The van der Waals surface area contributed by atoms with Gasteiger partial charge in [-0.2, -0.15) is 0 Å². The Morgan fingerprint density at radius 1 is 1.38 bits per heavy atom. The van der Waals surface area contributed by atoms with E-state index in [-0.39, 0.29) is 5.54 Å². The van der Waals surface area contributed by atoms with Gasteiger partial charge in [-0.05, 0) is 26.0 Å². The van der Waals surface area contributed by atoms with Crippen molar-refractivity contribution in [3.63, 3.8) is 0 Å². The van der Waals surface area contributed by atoms with E-state index in [2.05, 4.69) is 61.3 Å². The normalized spacial score (nSPS) is 31.6. The van der Waals surface area contributed by atoms with Crippen molar-refractivity contribution in [1.82, 2.24) is 10.2 Å². The highest BCUT2D eigenvalue weighted by Gasteiger charge is 2.34. The Bertz CT molecular complexity index is 336. The lowest BCUT2D eigenvalue weighted by atomic mass is 9.88. The number of rotatable bonds is 2. The molecule has 1 saturated heterocycles. The highest BCUT2D eigenvalue weighted by atomic mass is 15.2. The summed E-state index contributed by atoms with van der Waals surface area (Å²) in [7, 11) is 0. The molecule has 0 aliphatic carbocycles. The first-order valence-corrected chi connectivity index (χ1v) is 6.20. The fraction of sp³-hybridized carbons (Fsp3) is 0.571. The van der Waals surface area contributed by atoms with Crippen LogP contribution in [0.3, 0.4) is 0 Å². The molecule has 1 N–H and O–H groups in total. The van der Waals surface area contributed by atoms with Gasteiger partial charge in [-0.3, -0.25) is 4.90 Å². The van der Waals surface area contributed by atoms with Crippen LogP contribution in [0.1, 0.15) is 26.3 Å². The minimum Gasteiger partial charge on any atom is -0.305 e. The van der Waals surface area contributed by atoms with Gasteiger partial charge in [0.25, 0.3) is 0 Å². The van der Waals surface area contributed by atoms with Crippen LogP contribution in [-0.4, -0.2) is 30.6 Å². The van der Waals surface area contributed by atoms with Crippen LogP contribution in [0.4, 0.5) is 0 Å². The topological polar surface area (TPSA) is 15.3 Å². The largest absolute Gasteiger partial charge is 0.305 e. The van der Waals surface area contributed by atoms with Gasteiger partial charge in [0.05, 0.1) is 5.54 Å². The molecule has 2 unspecified atom stereocenters. The minimum atomic E-state index is 0.101. The van der Waals surface area contributed by atoms with Crippen LogP contribution in [0.5, 0.6) is 0 Å². The zero-order chi connectivity index (χ0) is 11.6. The summed E-state index contributed by atoms with van der Waals surface area (Å²) in [6.45, 7) is 10.1. The molecule has 2 atom stereocenters. The van der Waals surface area contributed by atoms with Gasteiger partial charge < -0.3 is 5.32 Å². The molecular formula is C14H22N2. The van der Waals surface area contributed by atoms with Gasteiger partial charge in [-0.15, -0.1) is 0 Å². The van der Waals surface area contributed by atoms with Crippen LogP contribution in [0.15, 0.2) is 30.3 Å². The first-order chi connectivity index (χ1) is 7.65. The van der Waals surface area contributed by atoms with Crippen LogP contribution >= 0.6 is 0 Å². The maximum absolute atomic E-state index is 3.68. The summed E-state index contributed by atoms with van der Waals surface area (Å²) in [5, 5.41) is 3.68. The third-order valence-electron chi connectivity index (χ3n) is 3.75. The van der Waals surface area contributed by atoms with E-state index in [9.17, 15) is 0 Å². The van der Waals surface area contributed by atoms with Crippen molar-refractivity contribution >= 4 is 0 Å². The molecular weight excluding hydrogens is 196 g/mol. The summed E-state index contributed by atoms with van der Waals surface area (Å²) in [6, 6.07) is 11.4. The monoisotopic (exact) mass is 218 g/mol. The van der Waals surface area contributed by atoms with E-state index in [1.165, 1.54) is 5.56 Å². The lowest BCUT2D eigenvalue weighted by molar-refractivity contribution is 0.100. The van der Waals surface area contributed by atoms with Crippen LogP contribution in [0.2, 0.25) is 0 Å². The highest BCUT2D eigenvalue weighted by Crippen LogP contribution is 2.25. The lowest BCUT2D eigenvalue weighted by Crippen LogP contribution is -2.60. The van der Waals surface area contributed by atoms with Gasteiger partial charge in [0.2, 0.25) is 0 Å². The summed E-state index contributed by atoms with van der Waals surface area (Å²) >= 11 is 0. The van der Waals surface area contributed by atoms with Gasteiger partial charge in [-0.25, -0.2) is 0 Å². The van der Waals surface area contributed by atoms with E-state index in [1.807, 2.05) is 0 Å². The predicted molar refractivity (Wildman–Crippen MR) is 68.5 cm³/mol. The van der Waals surface area contributed by atoms with E-state index >= 15 is 0 Å².